The molecule has 1 atom stereocenters. The van der Waals surface area contributed by atoms with Crippen molar-refractivity contribution in [3.8, 4) is 6.07 Å². The van der Waals surface area contributed by atoms with E-state index in [9.17, 15) is 10.1 Å². The van der Waals surface area contributed by atoms with E-state index in [0.29, 0.717) is 38.9 Å². The number of piperidine rings is 1. The van der Waals surface area contributed by atoms with Crippen LogP contribution in [0.25, 0.3) is 16.8 Å². The number of aliphatic hydroxyl groups is 1. The Kier molecular flexibility index (Phi) is 10.6. The Hall–Kier alpha value is -2.72. The first-order valence-electron chi connectivity index (χ1n) is 12.4. The lowest BCUT2D eigenvalue weighted by atomic mass is 9.96. The average Bonchev–Trinajstić information content (AvgIpc) is 2.88. The van der Waals surface area contributed by atoms with Gasteiger partial charge in [-0.05, 0) is 61.3 Å². The summed E-state index contributed by atoms with van der Waals surface area (Å²) in [5.41, 5.74) is 2.28. The molecule has 1 unspecified atom stereocenters. The van der Waals surface area contributed by atoms with Crippen LogP contribution in [0.3, 0.4) is 0 Å². The fourth-order valence-corrected chi connectivity index (χ4v) is 4.55. The fraction of sp³-hybridized carbons (Fsp3) is 0.500. The second-order valence-corrected chi connectivity index (χ2v) is 8.65. The maximum Gasteiger partial charge on any atom is 0.173 e. The molecule has 0 aromatic heterocycles. The van der Waals surface area contributed by atoms with Gasteiger partial charge in [0.15, 0.2) is 5.78 Å². The van der Waals surface area contributed by atoms with E-state index in [1.54, 1.807) is 6.08 Å². The highest BCUT2D eigenvalue weighted by molar-refractivity contribution is 6.04. The molecule has 182 valence electrons. The molecule has 0 saturated carbocycles. The highest BCUT2D eigenvalue weighted by atomic mass is 16.5. The van der Waals surface area contributed by atoms with E-state index in [1.807, 2.05) is 6.07 Å². The Balaban J connectivity index is 1.68. The maximum atomic E-state index is 12.6. The van der Waals surface area contributed by atoms with E-state index in [-0.39, 0.29) is 24.4 Å². The second-order valence-electron chi connectivity index (χ2n) is 8.65. The third-order valence-electron chi connectivity index (χ3n) is 6.32. The summed E-state index contributed by atoms with van der Waals surface area (Å²) in [6.07, 6.45) is 7.36. The number of carbonyl (C=O) groups is 1. The van der Waals surface area contributed by atoms with Gasteiger partial charge in [0.1, 0.15) is 6.07 Å². The summed E-state index contributed by atoms with van der Waals surface area (Å²) < 4.78 is 10.6. The quantitative estimate of drug-likeness (QED) is 0.258. The van der Waals surface area contributed by atoms with Crippen molar-refractivity contribution in [2.24, 2.45) is 0 Å². The van der Waals surface area contributed by atoms with Crippen molar-refractivity contribution in [2.45, 2.75) is 51.5 Å². The summed E-state index contributed by atoms with van der Waals surface area (Å²) in [6.45, 7) is 4.88. The molecule has 1 aliphatic heterocycles. The molecule has 1 saturated heterocycles. The van der Waals surface area contributed by atoms with E-state index < -0.39 is 0 Å². The zero-order valence-electron chi connectivity index (χ0n) is 20.2. The Labute approximate surface area is 202 Å². The van der Waals surface area contributed by atoms with Crippen LogP contribution < -0.4 is 4.90 Å². The van der Waals surface area contributed by atoms with Crippen molar-refractivity contribution < 1.29 is 19.4 Å². The van der Waals surface area contributed by atoms with Crippen LogP contribution in [0, 0.1) is 11.3 Å². The van der Waals surface area contributed by atoms with E-state index >= 15 is 0 Å². The Morgan fingerprint density at radius 2 is 2.00 bits per heavy atom. The van der Waals surface area contributed by atoms with Crippen LogP contribution in [0.2, 0.25) is 0 Å². The fourth-order valence-electron chi connectivity index (χ4n) is 4.55. The number of allylic oxidation sites excluding steroid dienone is 1. The SMILES string of the molecule is CCC1CCCCN1c1cccc2ccc(/C=C(\C#N)C(=O)CCCOCCOCCO)cc12. The summed E-state index contributed by atoms with van der Waals surface area (Å²) in [5, 5.41) is 20.6. The number of aliphatic hydroxyl groups excluding tert-OH is 1. The topological polar surface area (TPSA) is 82.8 Å². The Morgan fingerprint density at radius 1 is 1.18 bits per heavy atom. The van der Waals surface area contributed by atoms with Crippen molar-refractivity contribution in [2.75, 3.05) is 44.5 Å². The van der Waals surface area contributed by atoms with Crippen molar-refractivity contribution in [1.82, 2.24) is 0 Å². The molecule has 6 heteroatoms. The van der Waals surface area contributed by atoms with Crippen LogP contribution in [-0.4, -0.2) is 56.5 Å². The normalized spacial score (nSPS) is 16.6. The van der Waals surface area contributed by atoms with Gasteiger partial charge in [0.05, 0.1) is 32.0 Å². The molecule has 1 heterocycles. The van der Waals surface area contributed by atoms with Gasteiger partial charge in [0.2, 0.25) is 0 Å². The summed E-state index contributed by atoms with van der Waals surface area (Å²) in [7, 11) is 0. The molecule has 1 aliphatic rings. The number of anilines is 1. The molecule has 0 aliphatic carbocycles. The van der Waals surface area contributed by atoms with E-state index in [4.69, 9.17) is 14.6 Å². The predicted octanol–water partition coefficient (Wildman–Crippen LogP) is 4.89. The maximum absolute atomic E-state index is 12.6. The third-order valence-corrected chi connectivity index (χ3v) is 6.32. The molecule has 0 bridgehead atoms. The molecule has 0 amide bonds. The molecule has 0 spiro atoms. The number of benzene rings is 2. The molecular weight excluding hydrogens is 428 g/mol. The van der Waals surface area contributed by atoms with Gasteiger partial charge in [-0.2, -0.15) is 5.26 Å². The monoisotopic (exact) mass is 464 g/mol. The average molecular weight is 465 g/mol. The van der Waals surface area contributed by atoms with Gasteiger partial charge in [-0.15, -0.1) is 0 Å². The van der Waals surface area contributed by atoms with Gasteiger partial charge in [0, 0.05) is 36.7 Å². The van der Waals surface area contributed by atoms with Gasteiger partial charge < -0.3 is 19.5 Å². The number of hydrogen-bond acceptors (Lipinski definition) is 6. The van der Waals surface area contributed by atoms with Gasteiger partial charge in [-0.25, -0.2) is 0 Å². The molecule has 6 nitrogen and oxygen atoms in total. The molecule has 2 aromatic carbocycles. The van der Waals surface area contributed by atoms with Crippen LogP contribution in [0.1, 0.15) is 51.0 Å². The van der Waals surface area contributed by atoms with Crippen molar-refractivity contribution in [3.63, 3.8) is 0 Å². The number of hydrogen-bond donors (Lipinski definition) is 1. The molecule has 3 rings (SSSR count). The largest absolute Gasteiger partial charge is 0.394 e. The lowest BCUT2D eigenvalue weighted by Gasteiger charge is -2.38. The molecular formula is C28H36N2O4. The van der Waals surface area contributed by atoms with Gasteiger partial charge in [-0.3, -0.25) is 4.79 Å². The zero-order valence-corrected chi connectivity index (χ0v) is 20.2. The first-order valence-corrected chi connectivity index (χ1v) is 12.4. The van der Waals surface area contributed by atoms with Gasteiger partial charge in [0.25, 0.3) is 0 Å². The number of fused-ring (bicyclic) bond motifs is 1. The summed E-state index contributed by atoms with van der Waals surface area (Å²) in [5.74, 6) is -0.168. The third kappa shape index (κ3) is 7.14. The first kappa shape index (κ1) is 25.9. The number of ketones is 1. The number of ether oxygens (including phenoxy) is 2. The summed E-state index contributed by atoms with van der Waals surface area (Å²) in [6, 6.07) is 15.2. The highest BCUT2D eigenvalue weighted by Crippen LogP contribution is 2.33. The molecule has 2 aromatic rings. The molecule has 0 radical (unpaired) electrons. The van der Waals surface area contributed by atoms with Crippen LogP contribution in [-0.2, 0) is 14.3 Å². The van der Waals surface area contributed by atoms with Crippen LogP contribution in [0.5, 0.6) is 0 Å². The molecule has 1 fully saturated rings. The minimum atomic E-state index is -0.168. The molecule has 34 heavy (non-hydrogen) atoms. The van der Waals surface area contributed by atoms with E-state index in [1.165, 1.54) is 30.3 Å². The molecule has 1 N–H and O–H groups in total. The van der Waals surface area contributed by atoms with Crippen molar-refractivity contribution in [1.29, 1.82) is 5.26 Å². The Bertz CT molecular complexity index is 1010. The number of carbonyl (C=O) groups excluding carboxylic acids is 1. The number of Topliss-reactive ketones (excluding diaryl/α,β-unsaturated/α-hetero) is 1. The number of nitriles is 1. The predicted molar refractivity (Wildman–Crippen MR) is 136 cm³/mol. The zero-order chi connectivity index (χ0) is 24.2. The minimum Gasteiger partial charge on any atom is -0.394 e. The van der Waals surface area contributed by atoms with Gasteiger partial charge in [-0.1, -0.05) is 31.2 Å². The summed E-state index contributed by atoms with van der Waals surface area (Å²) in [4.78, 5) is 15.1. The second kappa shape index (κ2) is 13.9. The highest BCUT2D eigenvalue weighted by Gasteiger charge is 2.22. The minimum absolute atomic E-state index is 0.00614. The standard InChI is InChI=1S/C28H36N2O4/c1-2-25-8-3-4-13-30(25)27-9-5-7-23-12-11-22(20-26(23)27)19-24(21-29)28(32)10-6-15-33-17-18-34-16-14-31/h5,7,9,11-12,19-20,25,31H,2-4,6,8,10,13-18H2,1H3/b24-19+. The Morgan fingerprint density at radius 3 is 2.76 bits per heavy atom. The lowest BCUT2D eigenvalue weighted by Crippen LogP contribution is -2.39. The smallest absolute Gasteiger partial charge is 0.173 e. The van der Waals surface area contributed by atoms with Crippen LogP contribution in [0.4, 0.5) is 5.69 Å². The van der Waals surface area contributed by atoms with Crippen molar-refractivity contribution >= 4 is 28.3 Å². The van der Waals surface area contributed by atoms with Gasteiger partial charge >= 0.3 is 0 Å². The lowest BCUT2D eigenvalue weighted by molar-refractivity contribution is -0.115. The first-order chi connectivity index (χ1) is 16.7. The van der Waals surface area contributed by atoms with Crippen molar-refractivity contribution in [3.05, 3.63) is 47.5 Å². The van der Waals surface area contributed by atoms with Crippen LogP contribution >= 0.6 is 0 Å². The summed E-state index contributed by atoms with van der Waals surface area (Å²) >= 11 is 0. The van der Waals surface area contributed by atoms with E-state index in [0.717, 1.165) is 23.9 Å². The number of rotatable bonds is 13. The van der Waals surface area contributed by atoms with E-state index in [2.05, 4.69) is 48.2 Å². The number of nitrogens with zero attached hydrogens (tertiary/aromatic N) is 2. The van der Waals surface area contributed by atoms with Crippen LogP contribution in [0.15, 0.2) is 42.0 Å².